The third-order valence-corrected chi connectivity index (χ3v) is 6.35. The minimum Gasteiger partial charge on any atom is -0.482 e. The van der Waals surface area contributed by atoms with Gasteiger partial charge in [-0.15, -0.1) is 0 Å². The minimum atomic E-state index is -3.78. The quantitative estimate of drug-likeness (QED) is 0.525. The molecule has 0 bridgehead atoms. The summed E-state index contributed by atoms with van der Waals surface area (Å²) in [6, 6.07) is 8.04. The van der Waals surface area contributed by atoms with E-state index in [9.17, 15) is 22.8 Å². The number of Topliss-reactive ketones (excluding diaryl/α,β-unsaturated/α-hetero) is 1. The molecule has 3 rings (SSSR count). The predicted molar refractivity (Wildman–Crippen MR) is 108 cm³/mol. The van der Waals surface area contributed by atoms with Gasteiger partial charge >= 0.3 is 5.97 Å². The molecule has 1 N–H and O–H groups in total. The normalized spacial score (nSPS) is 13.3. The SMILES string of the molecule is CN(C)S(=O)(=O)c1ccc(Cl)c(C(=O)OCC(=O)c2ccc3c(c2)NC(=O)CO3)c1. The number of halogens is 1. The van der Waals surface area contributed by atoms with E-state index in [1.165, 1.54) is 44.4 Å². The lowest BCUT2D eigenvalue weighted by atomic mass is 10.1. The summed E-state index contributed by atoms with van der Waals surface area (Å²) in [6.07, 6.45) is 0. The molecule has 30 heavy (non-hydrogen) atoms. The highest BCUT2D eigenvalue weighted by Crippen LogP contribution is 2.29. The summed E-state index contributed by atoms with van der Waals surface area (Å²) in [7, 11) is -1.08. The highest BCUT2D eigenvalue weighted by Gasteiger charge is 2.23. The van der Waals surface area contributed by atoms with Gasteiger partial charge in [-0.3, -0.25) is 9.59 Å². The second-order valence-corrected chi connectivity index (χ2v) is 9.04. The first-order valence-corrected chi connectivity index (χ1v) is 10.4. The van der Waals surface area contributed by atoms with Gasteiger partial charge in [-0.2, -0.15) is 0 Å². The van der Waals surface area contributed by atoms with E-state index in [1.54, 1.807) is 0 Å². The van der Waals surface area contributed by atoms with Crippen LogP contribution in [0.15, 0.2) is 41.3 Å². The number of esters is 1. The number of anilines is 1. The average molecular weight is 453 g/mol. The van der Waals surface area contributed by atoms with Gasteiger partial charge in [0.25, 0.3) is 5.91 Å². The van der Waals surface area contributed by atoms with Crippen molar-refractivity contribution in [3.63, 3.8) is 0 Å². The van der Waals surface area contributed by atoms with Crippen LogP contribution >= 0.6 is 11.6 Å². The zero-order valence-corrected chi connectivity index (χ0v) is 17.5. The molecule has 9 nitrogen and oxygen atoms in total. The minimum absolute atomic E-state index is 0.0150. The van der Waals surface area contributed by atoms with E-state index < -0.39 is 28.4 Å². The van der Waals surface area contributed by atoms with Gasteiger partial charge in [0.1, 0.15) is 5.75 Å². The molecule has 2 aromatic rings. The van der Waals surface area contributed by atoms with E-state index >= 15 is 0 Å². The molecular weight excluding hydrogens is 436 g/mol. The molecule has 0 saturated carbocycles. The smallest absolute Gasteiger partial charge is 0.340 e. The van der Waals surface area contributed by atoms with Crippen LogP contribution in [-0.4, -0.2) is 57.7 Å². The predicted octanol–water partition coefficient (Wildman–Crippen LogP) is 1.96. The Labute approximate surface area is 177 Å². The lowest BCUT2D eigenvalue weighted by molar-refractivity contribution is -0.118. The Morgan fingerprint density at radius 3 is 2.63 bits per heavy atom. The fourth-order valence-electron chi connectivity index (χ4n) is 2.58. The number of rotatable bonds is 6. The fraction of sp³-hybridized carbons (Fsp3) is 0.211. The molecule has 1 heterocycles. The Kier molecular flexibility index (Phi) is 6.11. The van der Waals surface area contributed by atoms with Gasteiger partial charge in [-0.05, 0) is 36.4 Å². The molecule has 1 aliphatic rings. The number of ether oxygens (including phenoxy) is 2. The van der Waals surface area contributed by atoms with Crippen LogP contribution in [0.1, 0.15) is 20.7 Å². The highest BCUT2D eigenvalue weighted by molar-refractivity contribution is 7.89. The number of hydrogen-bond acceptors (Lipinski definition) is 7. The highest BCUT2D eigenvalue weighted by atomic mass is 35.5. The van der Waals surface area contributed by atoms with Gasteiger partial charge in [0, 0.05) is 19.7 Å². The summed E-state index contributed by atoms with van der Waals surface area (Å²) < 4.78 is 35.7. The molecule has 2 aromatic carbocycles. The van der Waals surface area contributed by atoms with Gasteiger partial charge < -0.3 is 14.8 Å². The number of carbonyl (C=O) groups is 3. The van der Waals surface area contributed by atoms with Crippen LogP contribution in [0, 0.1) is 0 Å². The van der Waals surface area contributed by atoms with Crippen LogP contribution in [0.4, 0.5) is 5.69 Å². The molecule has 0 radical (unpaired) electrons. The number of hydrogen-bond donors (Lipinski definition) is 1. The molecule has 0 aliphatic carbocycles. The van der Waals surface area contributed by atoms with Gasteiger partial charge in [0.05, 0.1) is 21.2 Å². The maximum atomic E-state index is 12.4. The van der Waals surface area contributed by atoms with Crippen molar-refractivity contribution in [2.24, 2.45) is 0 Å². The third-order valence-electron chi connectivity index (χ3n) is 4.21. The molecule has 0 unspecified atom stereocenters. The molecule has 1 amide bonds. The van der Waals surface area contributed by atoms with Crippen molar-refractivity contribution in [3.8, 4) is 5.75 Å². The molecule has 11 heteroatoms. The van der Waals surface area contributed by atoms with Crippen LogP contribution in [0.25, 0.3) is 0 Å². The molecular formula is C19H17ClN2O7S. The summed E-state index contributed by atoms with van der Waals surface area (Å²) in [5.74, 6) is -1.40. The van der Waals surface area contributed by atoms with Crippen molar-refractivity contribution in [2.75, 3.05) is 32.6 Å². The Morgan fingerprint density at radius 1 is 1.20 bits per heavy atom. The Morgan fingerprint density at radius 2 is 1.93 bits per heavy atom. The van der Waals surface area contributed by atoms with E-state index in [0.717, 1.165) is 10.4 Å². The molecule has 0 spiro atoms. The lowest BCUT2D eigenvalue weighted by Crippen LogP contribution is -2.25. The van der Waals surface area contributed by atoms with Crippen molar-refractivity contribution in [1.29, 1.82) is 0 Å². The molecule has 0 aromatic heterocycles. The van der Waals surface area contributed by atoms with Crippen molar-refractivity contribution in [1.82, 2.24) is 4.31 Å². The molecule has 1 aliphatic heterocycles. The van der Waals surface area contributed by atoms with Gasteiger partial charge in [-0.1, -0.05) is 11.6 Å². The van der Waals surface area contributed by atoms with Gasteiger partial charge in [0.15, 0.2) is 19.0 Å². The summed E-state index contributed by atoms with van der Waals surface area (Å²) in [4.78, 5) is 36.0. The first-order chi connectivity index (χ1) is 14.1. The van der Waals surface area contributed by atoms with Crippen molar-refractivity contribution >= 4 is 45.0 Å². The van der Waals surface area contributed by atoms with E-state index in [2.05, 4.69) is 5.32 Å². The zero-order valence-electron chi connectivity index (χ0n) is 16.0. The van der Waals surface area contributed by atoms with Gasteiger partial charge in [0.2, 0.25) is 10.0 Å². The average Bonchev–Trinajstić information content (AvgIpc) is 2.71. The topological polar surface area (TPSA) is 119 Å². The second kappa shape index (κ2) is 8.42. The first kappa shape index (κ1) is 21.8. The first-order valence-electron chi connectivity index (χ1n) is 8.58. The number of benzene rings is 2. The molecule has 158 valence electrons. The number of nitrogens with zero attached hydrogens (tertiary/aromatic N) is 1. The second-order valence-electron chi connectivity index (χ2n) is 6.48. The largest absolute Gasteiger partial charge is 0.482 e. The zero-order chi connectivity index (χ0) is 22.1. The molecule has 0 fully saturated rings. The number of fused-ring (bicyclic) bond motifs is 1. The van der Waals surface area contributed by atoms with Crippen LogP contribution in [0.2, 0.25) is 5.02 Å². The van der Waals surface area contributed by atoms with Gasteiger partial charge in [-0.25, -0.2) is 17.5 Å². The van der Waals surface area contributed by atoms with Crippen molar-refractivity contribution in [2.45, 2.75) is 4.90 Å². The van der Waals surface area contributed by atoms with Crippen LogP contribution in [0.3, 0.4) is 0 Å². The summed E-state index contributed by atoms with van der Waals surface area (Å²) in [6.45, 7) is -0.714. The maximum Gasteiger partial charge on any atom is 0.340 e. The number of carbonyl (C=O) groups excluding carboxylic acids is 3. The van der Waals surface area contributed by atoms with Crippen molar-refractivity contribution < 1.29 is 32.3 Å². The monoisotopic (exact) mass is 452 g/mol. The number of sulfonamides is 1. The summed E-state index contributed by atoms with van der Waals surface area (Å²) >= 11 is 6.00. The third kappa shape index (κ3) is 4.45. The maximum absolute atomic E-state index is 12.4. The standard InChI is InChI=1S/C19H17ClN2O7S/c1-22(2)30(26,27)12-4-5-14(20)13(8-12)19(25)29-9-16(23)11-3-6-17-15(7-11)21-18(24)10-28-17/h3-8H,9-10H2,1-2H3,(H,21,24). The van der Waals surface area contributed by atoms with Crippen LogP contribution in [-0.2, 0) is 19.6 Å². The Balaban J connectivity index is 1.74. The van der Waals surface area contributed by atoms with E-state index in [-0.39, 0.29) is 33.6 Å². The van der Waals surface area contributed by atoms with E-state index in [0.29, 0.717) is 11.4 Å². The number of ketones is 1. The van der Waals surface area contributed by atoms with Crippen LogP contribution < -0.4 is 10.1 Å². The van der Waals surface area contributed by atoms with E-state index in [1.807, 2.05) is 0 Å². The van der Waals surface area contributed by atoms with Crippen molar-refractivity contribution in [3.05, 3.63) is 52.5 Å². The Hall–Kier alpha value is -2.95. The van der Waals surface area contributed by atoms with Crippen LogP contribution in [0.5, 0.6) is 5.75 Å². The molecule has 0 atom stereocenters. The Bertz CT molecular complexity index is 1150. The number of amides is 1. The summed E-state index contributed by atoms with van der Waals surface area (Å²) in [5, 5.41) is 2.57. The summed E-state index contributed by atoms with van der Waals surface area (Å²) in [5.41, 5.74) is 0.356. The number of nitrogens with one attached hydrogen (secondary N) is 1. The molecule has 0 saturated heterocycles. The lowest BCUT2D eigenvalue weighted by Gasteiger charge is -2.18. The van der Waals surface area contributed by atoms with E-state index in [4.69, 9.17) is 21.1 Å². The fourth-order valence-corrected chi connectivity index (χ4v) is 3.70.